The molecule has 1 aromatic carbocycles. The average Bonchev–Trinajstić information content (AvgIpc) is 3.19. The van der Waals surface area contributed by atoms with Crippen LogP contribution in [0.4, 0.5) is 0 Å². The van der Waals surface area contributed by atoms with Crippen molar-refractivity contribution in [3.63, 3.8) is 0 Å². The molecule has 2 aliphatic heterocycles. The molecule has 0 spiro atoms. The van der Waals surface area contributed by atoms with Gasteiger partial charge in [0, 0.05) is 23.4 Å². The highest BCUT2D eigenvalue weighted by Crippen LogP contribution is 2.41. The fourth-order valence-electron chi connectivity index (χ4n) is 4.87. The topological polar surface area (TPSA) is 109 Å². The molecule has 37 heavy (non-hydrogen) atoms. The summed E-state index contributed by atoms with van der Waals surface area (Å²) in [4.78, 5) is 48.4. The lowest BCUT2D eigenvalue weighted by molar-refractivity contribution is -0.153. The maximum absolute atomic E-state index is 13.6. The number of nitrogens with zero attached hydrogens (tertiary/aromatic N) is 3. The molecule has 192 valence electrons. The molecule has 0 saturated heterocycles. The van der Waals surface area contributed by atoms with Gasteiger partial charge < -0.3 is 18.9 Å². The molecule has 2 aromatic heterocycles. The second-order valence-corrected chi connectivity index (χ2v) is 10.6. The second kappa shape index (κ2) is 8.54. The number of hydrogen-bond acceptors (Lipinski definition) is 8. The number of esters is 2. The molecule has 1 atom stereocenters. The first-order valence-corrected chi connectivity index (χ1v) is 12.2. The maximum atomic E-state index is 13.6. The van der Waals surface area contributed by atoms with Crippen LogP contribution in [0.5, 0.6) is 5.75 Å². The fourth-order valence-corrected chi connectivity index (χ4v) is 4.87. The minimum atomic E-state index is -0.911. The zero-order chi connectivity index (χ0) is 26.7. The number of carbonyl (C=O) groups excluding carboxylic acids is 2. The van der Waals surface area contributed by atoms with Crippen molar-refractivity contribution < 1.29 is 23.9 Å². The normalized spacial score (nSPS) is 18.4. The van der Waals surface area contributed by atoms with E-state index in [4.69, 9.17) is 19.3 Å². The molecular formula is C28H29N3O6. The summed E-state index contributed by atoms with van der Waals surface area (Å²) in [5.41, 5.74) is 3.01. The molecule has 0 unspecified atom stereocenters. The first kappa shape index (κ1) is 24.7. The number of pyridine rings is 2. The minimum Gasteiger partial charge on any atom is -0.460 e. The molecule has 4 heterocycles. The minimum absolute atomic E-state index is 0.0475. The van der Waals surface area contributed by atoms with E-state index in [0.29, 0.717) is 51.2 Å². The van der Waals surface area contributed by atoms with Crippen LogP contribution in [0.2, 0.25) is 0 Å². The van der Waals surface area contributed by atoms with Crippen LogP contribution in [-0.2, 0) is 37.7 Å². The van der Waals surface area contributed by atoms with Crippen LogP contribution >= 0.6 is 0 Å². The second-order valence-electron chi connectivity index (χ2n) is 10.6. The number of carbonyl (C=O) groups is 2. The molecule has 0 fully saturated rings. The van der Waals surface area contributed by atoms with Gasteiger partial charge in [-0.25, -0.2) is 4.98 Å². The van der Waals surface area contributed by atoms with E-state index in [1.807, 2.05) is 40.7 Å². The van der Waals surface area contributed by atoms with Gasteiger partial charge in [-0.2, -0.15) is 0 Å². The van der Waals surface area contributed by atoms with E-state index < -0.39 is 17.0 Å². The van der Waals surface area contributed by atoms with Crippen LogP contribution in [0.1, 0.15) is 70.2 Å². The third kappa shape index (κ3) is 4.08. The molecule has 0 amide bonds. The van der Waals surface area contributed by atoms with Crippen molar-refractivity contribution in [1.29, 1.82) is 0 Å². The van der Waals surface area contributed by atoms with Crippen LogP contribution in [0, 0.1) is 0 Å². The lowest BCUT2D eigenvalue weighted by atomic mass is 9.76. The number of rotatable bonds is 4. The first-order chi connectivity index (χ1) is 17.4. The Morgan fingerprint density at radius 1 is 1.24 bits per heavy atom. The number of benzene rings is 1. The number of cyclic esters (lactones) is 1. The molecule has 2 aliphatic rings. The number of hydrogen-bond donors (Lipinski definition) is 0. The summed E-state index contributed by atoms with van der Waals surface area (Å²) in [7, 11) is 0. The fraction of sp³-hybridized carbons (Fsp3) is 0.393. The Kier molecular flexibility index (Phi) is 5.69. The zero-order valence-corrected chi connectivity index (χ0v) is 21.8. The lowest BCUT2D eigenvalue weighted by Gasteiger charge is -2.33. The highest BCUT2D eigenvalue weighted by Gasteiger charge is 2.43. The molecule has 0 radical (unpaired) electrons. The van der Waals surface area contributed by atoms with Gasteiger partial charge in [-0.1, -0.05) is 12.1 Å². The van der Waals surface area contributed by atoms with E-state index >= 15 is 0 Å². The van der Waals surface area contributed by atoms with Crippen molar-refractivity contribution in [2.24, 2.45) is 5.16 Å². The summed E-state index contributed by atoms with van der Waals surface area (Å²) >= 11 is 0. The van der Waals surface area contributed by atoms with Gasteiger partial charge in [0.1, 0.15) is 18.0 Å². The van der Waals surface area contributed by atoms with Crippen LogP contribution < -0.4 is 10.3 Å². The Morgan fingerprint density at radius 2 is 2.00 bits per heavy atom. The quantitative estimate of drug-likeness (QED) is 0.177. The summed E-state index contributed by atoms with van der Waals surface area (Å²) in [6.45, 7) is 11.0. The van der Waals surface area contributed by atoms with E-state index in [1.54, 1.807) is 29.0 Å². The predicted molar refractivity (Wildman–Crippen MR) is 138 cm³/mol. The monoisotopic (exact) mass is 503 g/mol. The Labute approximate surface area is 214 Å². The van der Waals surface area contributed by atoms with E-state index in [0.717, 1.165) is 5.56 Å². The van der Waals surface area contributed by atoms with Gasteiger partial charge in [-0.15, -0.1) is 0 Å². The third-order valence-electron chi connectivity index (χ3n) is 6.93. The Hall–Kier alpha value is -4.01. The summed E-state index contributed by atoms with van der Waals surface area (Å²) in [6.07, 6.45) is 2.12. The van der Waals surface area contributed by atoms with Crippen LogP contribution in [0.3, 0.4) is 0 Å². The highest BCUT2D eigenvalue weighted by molar-refractivity contribution is 6.03. The number of aromatic nitrogens is 2. The van der Waals surface area contributed by atoms with Crippen LogP contribution in [-0.4, -0.2) is 33.3 Å². The average molecular weight is 504 g/mol. The molecule has 9 heteroatoms. The number of fused-ring (bicyclic) bond motifs is 5. The first-order valence-electron chi connectivity index (χ1n) is 12.2. The Morgan fingerprint density at radius 3 is 2.68 bits per heavy atom. The van der Waals surface area contributed by atoms with E-state index in [2.05, 4.69) is 5.16 Å². The molecule has 3 aromatic rings. The predicted octanol–water partition coefficient (Wildman–Crippen LogP) is 4.22. The molecule has 5 rings (SSSR count). The zero-order valence-electron chi connectivity index (χ0n) is 21.8. The summed E-state index contributed by atoms with van der Waals surface area (Å²) in [5.74, 6) is -0.382. The van der Waals surface area contributed by atoms with Gasteiger partial charge in [0.05, 0.1) is 40.6 Å². The largest absolute Gasteiger partial charge is 0.460 e. The molecule has 0 aliphatic carbocycles. The van der Waals surface area contributed by atoms with E-state index in [1.165, 1.54) is 6.92 Å². The van der Waals surface area contributed by atoms with Gasteiger partial charge in [-0.3, -0.25) is 14.4 Å². The van der Waals surface area contributed by atoms with Gasteiger partial charge in [-0.05, 0) is 63.9 Å². The third-order valence-corrected chi connectivity index (χ3v) is 6.93. The highest BCUT2D eigenvalue weighted by atomic mass is 16.6. The van der Waals surface area contributed by atoms with Crippen molar-refractivity contribution >= 4 is 29.1 Å². The molecule has 0 N–H and O–H groups in total. The van der Waals surface area contributed by atoms with Crippen molar-refractivity contribution in [3.05, 3.63) is 56.9 Å². The van der Waals surface area contributed by atoms with Crippen LogP contribution in [0.25, 0.3) is 22.3 Å². The van der Waals surface area contributed by atoms with Gasteiger partial charge in [0.15, 0.2) is 0 Å². The maximum Gasteiger partial charge on any atom is 0.316 e. The van der Waals surface area contributed by atoms with Crippen molar-refractivity contribution in [1.82, 2.24) is 9.55 Å². The van der Waals surface area contributed by atoms with Gasteiger partial charge >= 0.3 is 11.9 Å². The molecule has 0 bridgehead atoms. The van der Waals surface area contributed by atoms with Crippen molar-refractivity contribution in [2.45, 2.75) is 72.1 Å². The number of oxime groups is 1. The number of ether oxygens (including phenoxy) is 2. The Bertz CT molecular complexity index is 1560. The summed E-state index contributed by atoms with van der Waals surface area (Å²) < 4.78 is 12.4. The van der Waals surface area contributed by atoms with Crippen molar-refractivity contribution in [2.75, 3.05) is 0 Å². The SMILES string of the molecule is CC[C@@]1(C)C(=O)OCc2c1cc1n(c2=O)Cc2c-1nc1ccc(OC(C)=O)cc1c2/C=N\OC(C)(C)C. The molecular weight excluding hydrogens is 474 g/mol. The molecule has 9 nitrogen and oxygen atoms in total. The van der Waals surface area contributed by atoms with E-state index in [-0.39, 0.29) is 24.7 Å². The van der Waals surface area contributed by atoms with Crippen molar-refractivity contribution in [3.8, 4) is 17.1 Å². The lowest BCUT2D eigenvalue weighted by Crippen LogP contribution is -2.42. The smallest absolute Gasteiger partial charge is 0.316 e. The van der Waals surface area contributed by atoms with Gasteiger partial charge in [0.25, 0.3) is 5.56 Å². The van der Waals surface area contributed by atoms with E-state index in [9.17, 15) is 14.4 Å². The molecule has 0 saturated carbocycles. The van der Waals surface area contributed by atoms with Crippen LogP contribution in [0.15, 0.2) is 34.2 Å². The Balaban J connectivity index is 1.76. The van der Waals surface area contributed by atoms with Gasteiger partial charge in [0.2, 0.25) is 0 Å². The summed E-state index contributed by atoms with van der Waals surface area (Å²) in [6, 6.07) is 7.09. The standard InChI is InChI=1S/C28H29N3O6/c1-7-28(6)21-11-23-24-19(13-31(23)25(33)20(21)14-35-26(28)34)18(12-29-37-27(3,4)5)17-10-16(36-15(2)32)8-9-22(17)30-24/h8-12H,7,13-14H2,1-6H3/b29-12-/t28-/m1/s1. The summed E-state index contributed by atoms with van der Waals surface area (Å²) in [5, 5.41) is 4.94.